The van der Waals surface area contributed by atoms with E-state index in [0.29, 0.717) is 12.2 Å². The molecule has 5 nitrogen and oxygen atoms in total. The van der Waals surface area contributed by atoms with Gasteiger partial charge in [-0.1, -0.05) is 6.07 Å². The number of sulfonamides is 1. The molecule has 0 N–H and O–H groups in total. The van der Waals surface area contributed by atoms with Crippen molar-refractivity contribution in [1.29, 1.82) is 0 Å². The lowest BCUT2D eigenvalue weighted by Crippen LogP contribution is -2.25. The lowest BCUT2D eigenvalue weighted by Gasteiger charge is -2.18. The highest BCUT2D eigenvalue weighted by atomic mass is 32.2. The minimum Gasteiger partial charge on any atom is -0.467 e. The molecule has 0 saturated carbocycles. The molecule has 1 aliphatic rings. The van der Waals surface area contributed by atoms with Crippen LogP contribution in [0.25, 0.3) is 0 Å². The summed E-state index contributed by atoms with van der Waals surface area (Å²) in [6.07, 6.45) is 3.23. The smallest absolute Gasteiger partial charge is 0.247 e. The van der Waals surface area contributed by atoms with Gasteiger partial charge in [0.1, 0.15) is 11.8 Å². The first kappa shape index (κ1) is 12.4. The Bertz CT molecular complexity index is 687. The average molecular weight is 296 g/mol. The van der Waals surface area contributed by atoms with Gasteiger partial charge in [-0.05, 0) is 23.6 Å². The van der Waals surface area contributed by atoms with Crippen LogP contribution < -0.4 is 0 Å². The summed E-state index contributed by atoms with van der Waals surface area (Å²) < 4.78 is 30.1. The molecule has 0 radical (unpaired) electrons. The lowest BCUT2D eigenvalue weighted by atomic mass is 10.1. The van der Waals surface area contributed by atoms with Crippen LogP contribution in [0.5, 0.6) is 0 Å². The zero-order valence-electron chi connectivity index (χ0n) is 10.2. The molecular formula is C12H12N2O3S2. The van der Waals surface area contributed by atoms with Gasteiger partial charge < -0.3 is 4.42 Å². The van der Waals surface area contributed by atoms with Gasteiger partial charge in [0.05, 0.1) is 23.1 Å². The van der Waals surface area contributed by atoms with Crippen molar-refractivity contribution in [1.82, 2.24) is 4.41 Å². The van der Waals surface area contributed by atoms with Crippen molar-refractivity contribution in [2.24, 2.45) is 5.10 Å². The Balaban J connectivity index is 2.00. The second kappa shape index (κ2) is 4.50. The molecule has 1 aliphatic heterocycles. The van der Waals surface area contributed by atoms with Gasteiger partial charge in [-0.15, -0.1) is 11.3 Å². The van der Waals surface area contributed by atoms with Gasteiger partial charge in [-0.3, -0.25) is 0 Å². The quantitative estimate of drug-likeness (QED) is 0.874. The molecule has 0 aromatic carbocycles. The van der Waals surface area contributed by atoms with Gasteiger partial charge in [0, 0.05) is 6.42 Å². The minimum atomic E-state index is -3.41. The van der Waals surface area contributed by atoms with E-state index in [9.17, 15) is 8.42 Å². The molecule has 2 aromatic heterocycles. The standard InChI is InChI=1S/C12H12N2O3S2/c1-19(15,16)14-10(11-4-2-6-17-11)8-9(13-14)12-5-3-7-18-12/h2-7,10H,8H2,1H3/t10-/m1/s1. The van der Waals surface area contributed by atoms with Crippen LogP contribution in [-0.2, 0) is 10.0 Å². The number of hydrogen-bond acceptors (Lipinski definition) is 5. The zero-order valence-corrected chi connectivity index (χ0v) is 11.8. The lowest BCUT2D eigenvalue weighted by molar-refractivity contribution is 0.322. The molecule has 0 fully saturated rings. The second-order valence-electron chi connectivity index (χ2n) is 4.29. The molecule has 100 valence electrons. The van der Waals surface area contributed by atoms with E-state index in [1.165, 1.54) is 0 Å². The Kier molecular flexibility index (Phi) is 2.94. The third kappa shape index (κ3) is 2.31. The summed E-state index contributed by atoms with van der Waals surface area (Å²) in [5, 5.41) is 6.20. The third-order valence-electron chi connectivity index (χ3n) is 2.89. The normalized spacial score (nSPS) is 19.7. The Morgan fingerprint density at radius 2 is 2.26 bits per heavy atom. The van der Waals surface area contributed by atoms with Crippen molar-refractivity contribution in [2.45, 2.75) is 12.5 Å². The predicted octanol–water partition coefficient (Wildman–Crippen LogP) is 2.45. The molecule has 0 amide bonds. The van der Waals surface area contributed by atoms with Crippen LogP contribution >= 0.6 is 11.3 Å². The van der Waals surface area contributed by atoms with Gasteiger partial charge in [-0.2, -0.15) is 9.52 Å². The largest absolute Gasteiger partial charge is 0.467 e. The second-order valence-corrected chi connectivity index (χ2v) is 7.08. The Morgan fingerprint density at radius 1 is 1.42 bits per heavy atom. The van der Waals surface area contributed by atoms with Crippen LogP contribution in [0.4, 0.5) is 0 Å². The van der Waals surface area contributed by atoms with E-state index in [1.54, 1.807) is 29.7 Å². The highest BCUT2D eigenvalue weighted by Gasteiger charge is 2.36. The van der Waals surface area contributed by atoms with Crippen molar-refractivity contribution < 1.29 is 12.8 Å². The van der Waals surface area contributed by atoms with E-state index in [2.05, 4.69) is 5.10 Å². The van der Waals surface area contributed by atoms with Gasteiger partial charge in [0.15, 0.2) is 0 Å². The highest BCUT2D eigenvalue weighted by Crippen LogP contribution is 2.35. The number of furan rings is 1. The number of nitrogens with zero attached hydrogens (tertiary/aromatic N) is 2. The molecule has 0 unspecified atom stereocenters. The summed E-state index contributed by atoms with van der Waals surface area (Å²) >= 11 is 1.55. The molecule has 0 saturated heterocycles. The van der Waals surface area contributed by atoms with Gasteiger partial charge in [-0.25, -0.2) is 8.42 Å². The fraction of sp³-hybridized carbons (Fsp3) is 0.250. The highest BCUT2D eigenvalue weighted by molar-refractivity contribution is 7.88. The molecule has 0 spiro atoms. The summed E-state index contributed by atoms with van der Waals surface area (Å²) in [5.41, 5.74) is 0.779. The molecule has 2 aromatic rings. The number of hydrogen-bond donors (Lipinski definition) is 0. The van der Waals surface area contributed by atoms with E-state index >= 15 is 0 Å². The predicted molar refractivity (Wildman–Crippen MR) is 73.6 cm³/mol. The Morgan fingerprint density at radius 3 is 2.84 bits per heavy atom. The van der Waals surface area contributed by atoms with Crippen LogP contribution in [0, 0.1) is 0 Å². The van der Waals surface area contributed by atoms with Gasteiger partial charge in [0.25, 0.3) is 0 Å². The molecule has 1 atom stereocenters. The number of thiophene rings is 1. The maximum atomic E-state index is 11.8. The van der Waals surface area contributed by atoms with E-state index in [1.807, 2.05) is 17.5 Å². The fourth-order valence-corrected chi connectivity index (χ4v) is 3.69. The number of rotatable bonds is 3. The minimum absolute atomic E-state index is 0.387. The molecular weight excluding hydrogens is 284 g/mol. The van der Waals surface area contributed by atoms with Crippen molar-refractivity contribution in [3.63, 3.8) is 0 Å². The van der Waals surface area contributed by atoms with Crippen molar-refractivity contribution in [3.8, 4) is 0 Å². The molecule has 3 heterocycles. The summed E-state index contributed by atoms with van der Waals surface area (Å²) in [5.74, 6) is 0.612. The third-order valence-corrected chi connectivity index (χ3v) is 4.82. The van der Waals surface area contributed by atoms with Crippen molar-refractivity contribution in [2.75, 3.05) is 6.26 Å². The van der Waals surface area contributed by atoms with E-state index in [4.69, 9.17) is 4.42 Å². The zero-order chi connectivity index (χ0) is 13.5. The van der Waals surface area contributed by atoms with E-state index < -0.39 is 10.0 Å². The van der Waals surface area contributed by atoms with Crippen molar-refractivity contribution in [3.05, 3.63) is 46.5 Å². The monoisotopic (exact) mass is 296 g/mol. The summed E-state index contributed by atoms with van der Waals surface area (Å²) in [6.45, 7) is 0. The van der Waals surface area contributed by atoms with Gasteiger partial charge in [0.2, 0.25) is 10.0 Å². The van der Waals surface area contributed by atoms with Crippen LogP contribution in [0.2, 0.25) is 0 Å². The number of hydrazone groups is 1. The first-order valence-corrected chi connectivity index (χ1v) is 8.42. The maximum absolute atomic E-state index is 11.8. The summed E-state index contributed by atoms with van der Waals surface area (Å²) in [4.78, 5) is 0.989. The summed E-state index contributed by atoms with van der Waals surface area (Å²) in [6, 6.07) is 7.00. The fourth-order valence-electron chi connectivity index (χ4n) is 2.08. The Labute approximate surface area is 115 Å². The van der Waals surface area contributed by atoms with Crippen molar-refractivity contribution >= 4 is 27.1 Å². The van der Waals surface area contributed by atoms with Gasteiger partial charge >= 0.3 is 0 Å². The molecule has 7 heteroatoms. The SMILES string of the molecule is CS(=O)(=O)N1N=C(c2cccs2)C[C@@H]1c1ccco1. The first-order valence-electron chi connectivity index (χ1n) is 5.70. The van der Waals surface area contributed by atoms with E-state index in [-0.39, 0.29) is 6.04 Å². The van der Waals surface area contributed by atoms with Crippen LogP contribution in [0.3, 0.4) is 0 Å². The molecule has 3 rings (SSSR count). The molecule has 19 heavy (non-hydrogen) atoms. The first-order chi connectivity index (χ1) is 9.05. The van der Waals surface area contributed by atoms with Crippen LogP contribution in [0.1, 0.15) is 23.1 Å². The molecule has 0 bridgehead atoms. The maximum Gasteiger partial charge on any atom is 0.247 e. The average Bonchev–Trinajstić information content (AvgIpc) is 3.09. The van der Waals surface area contributed by atoms with E-state index in [0.717, 1.165) is 21.3 Å². The molecule has 0 aliphatic carbocycles. The topological polar surface area (TPSA) is 62.9 Å². The summed E-state index contributed by atoms with van der Waals surface area (Å²) in [7, 11) is -3.41. The Hall–Kier alpha value is -1.60. The van der Waals surface area contributed by atoms with Crippen LogP contribution in [-0.4, -0.2) is 24.8 Å². The van der Waals surface area contributed by atoms with Crippen LogP contribution in [0.15, 0.2) is 45.4 Å².